The number of alkyl halides is 1. The Bertz CT molecular complexity index is 5980. The van der Waals surface area contributed by atoms with Crippen LogP contribution >= 0.6 is 61.3 Å². The van der Waals surface area contributed by atoms with E-state index >= 15 is 0 Å². The van der Waals surface area contributed by atoms with Crippen LogP contribution in [0.3, 0.4) is 0 Å². The van der Waals surface area contributed by atoms with E-state index in [1.165, 1.54) is 120 Å². The van der Waals surface area contributed by atoms with Crippen LogP contribution in [0.25, 0.3) is 42.3 Å². The highest BCUT2D eigenvalue weighted by Crippen LogP contribution is 2.52. The van der Waals surface area contributed by atoms with Gasteiger partial charge in [0.1, 0.15) is 94.4 Å². The largest absolute Gasteiger partial charge is 0.481 e. The molecule has 0 bridgehead atoms. The smallest absolute Gasteiger partial charge is 0.317 e. The first-order valence-corrected chi connectivity index (χ1v) is 43.6. The molecule has 9 aromatic carbocycles. The average molecular weight is 1860 g/mol. The van der Waals surface area contributed by atoms with Gasteiger partial charge in [0.15, 0.2) is 0 Å². The fraction of sp³-hybridized carbons (Fsp3) is 0.242. The Morgan fingerprint density at radius 2 is 0.587 bits per heavy atom. The molecule has 6 unspecified atom stereocenters. The van der Waals surface area contributed by atoms with Crippen molar-refractivity contribution in [2.75, 3.05) is 14.2 Å². The maximum Gasteiger partial charge on any atom is 0.317 e. The molecule has 0 radical (unpaired) electrons. The number of aliphatic carboxylic acids is 1. The van der Waals surface area contributed by atoms with Crippen LogP contribution in [0.1, 0.15) is 111 Å². The fourth-order valence-electron chi connectivity index (χ4n) is 17.6. The number of Topliss-reactive ketones (excluding diaryl/α,β-unsaturated/α-hetero) is 1. The number of hydroxylamine groups is 2. The Morgan fingerprint density at radius 1 is 0.349 bits per heavy atom. The van der Waals surface area contributed by atoms with Gasteiger partial charge in [0.25, 0.3) is 11.8 Å². The topological polar surface area (TPSA) is 257 Å². The van der Waals surface area contributed by atoms with E-state index in [1.54, 1.807) is 173 Å². The number of hydrogen-bond donors (Lipinski definition) is 5. The SMILES string of the molecule is COC(=O)C1(c2cccc(F)c2C)CC(=O)C(Br)C1.COC(=O)C1(c2cccc(F)c2C)Cc2nc(-c3ccccc3F)sc2C1.Cc1c(F)cccc1C1(C(=O)NO)Cc2nc(-c3ccccc3F)sc2C1.Cc1c(F)cccc1C1(C(=O)NO)Cc2nc(-c3ccccc3F)sc2C1.Cc1c(F)cccc1C1(C(=O)O)Cc2nc(-c3ccccc3F)sc2C1. The van der Waals surface area contributed by atoms with E-state index in [1.807, 2.05) is 0 Å². The number of nitrogens with one attached hydrogen (secondary N) is 2. The van der Waals surface area contributed by atoms with Gasteiger partial charge in [-0.25, -0.2) is 70.4 Å². The monoisotopic (exact) mass is 1860 g/mol. The molecule has 17 nitrogen and oxygen atoms in total. The second kappa shape index (κ2) is 36.7. The Labute approximate surface area is 741 Å². The van der Waals surface area contributed by atoms with Crippen molar-refractivity contribution in [1.29, 1.82) is 0 Å². The number of esters is 2. The van der Waals surface area contributed by atoms with Crippen LogP contribution in [-0.4, -0.2) is 90.0 Å². The molecule has 5 aliphatic carbocycles. The van der Waals surface area contributed by atoms with Crippen molar-refractivity contribution in [3.05, 3.63) is 338 Å². The first-order valence-electron chi connectivity index (χ1n) is 39.4. The molecular weight excluding hydrogens is 1780 g/mol. The summed E-state index contributed by atoms with van der Waals surface area (Å²) in [5.74, 6) is -6.53. The number of ether oxygens (including phenoxy) is 2. The van der Waals surface area contributed by atoms with Crippen LogP contribution in [0.15, 0.2) is 188 Å². The molecule has 4 heterocycles. The van der Waals surface area contributed by atoms with Crippen molar-refractivity contribution in [3.8, 4) is 42.3 Å². The lowest BCUT2D eigenvalue weighted by atomic mass is 9.75. The highest BCUT2D eigenvalue weighted by atomic mass is 79.9. The van der Waals surface area contributed by atoms with Gasteiger partial charge in [0.05, 0.1) is 52.7 Å². The van der Waals surface area contributed by atoms with Gasteiger partial charge in [-0.05, 0) is 176 Å². The van der Waals surface area contributed by atoms with Gasteiger partial charge in [-0.2, -0.15) is 0 Å². The summed E-state index contributed by atoms with van der Waals surface area (Å²) < 4.78 is 136. The number of fused-ring (bicyclic) bond motifs is 4. The second-order valence-electron chi connectivity index (χ2n) is 31.3. The number of aromatic nitrogens is 4. The summed E-state index contributed by atoms with van der Waals surface area (Å²) in [5.41, 5.74) is 6.88. The lowest BCUT2D eigenvalue weighted by Crippen LogP contribution is -2.44. The zero-order valence-corrected chi connectivity index (χ0v) is 73.2. The van der Waals surface area contributed by atoms with E-state index < -0.39 is 79.1 Å². The summed E-state index contributed by atoms with van der Waals surface area (Å²) in [5, 5.41) is 30.8. The van der Waals surface area contributed by atoms with E-state index in [4.69, 9.17) is 9.47 Å². The molecule has 2 amide bonds. The summed E-state index contributed by atoms with van der Waals surface area (Å²) >= 11 is 8.58. The summed E-state index contributed by atoms with van der Waals surface area (Å²) in [6.07, 6.45) is 2.38. The molecule has 13 aromatic rings. The molecule has 6 atom stereocenters. The van der Waals surface area contributed by atoms with Crippen molar-refractivity contribution in [2.24, 2.45) is 0 Å². The fourth-order valence-corrected chi connectivity index (χ4v) is 23.2. The van der Waals surface area contributed by atoms with Crippen molar-refractivity contribution >= 4 is 96.8 Å². The number of hydrogen-bond acceptors (Lipinski definition) is 18. The highest BCUT2D eigenvalue weighted by Gasteiger charge is 2.55. The van der Waals surface area contributed by atoms with Gasteiger partial charge in [0, 0.05) is 99.5 Å². The number of methoxy groups -OCH3 is 2. The van der Waals surface area contributed by atoms with E-state index in [0.717, 1.165) is 25.2 Å². The van der Waals surface area contributed by atoms with Gasteiger partial charge in [-0.1, -0.05) is 125 Å². The standard InChI is InChI=1S/C21H17F2NO2S.2C20H16F2N2O2S.C20H15F2NO2S.C14H14BrFO3/c1-12-14(7-5-9-15(12)22)21(20(25)26-2)10-17-18(11-21)27-19(24-17)13-6-3-4-8-16(13)23;2*1-11-13(6-4-8-14(11)21)20(19(25)24-26)9-16-17(10-20)27-18(23-16)12-5-2-3-7-15(12)22;1-11-13(6-4-8-14(11)21)20(19(24)25)9-16-17(10-20)26-18(23-16)12-5-2-3-7-15(12)22;1-8-9(4-3-5-11(8)16)14(13(18)19-2)6-10(15)12(17)7-14/h3-9H,10-11H2,1-2H3;2*2-8,26H,9-10H2,1H3,(H,24,25);2-8H,9-10H2,1H3,(H,24,25);3-5,10H,6-7H2,1-2H3. The summed E-state index contributed by atoms with van der Waals surface area (Å²) in [4.78, 5) is 95.3. The third kappa shape index (κ3) is 16.7. The molecule has 1 saturated carbocycles. The molecule has 126 heavy (non-hydrogen) atoms. The number of benzene rings is 9. The van der Waals surface area contributed by atoms with Crippen molar-refractivity contribution in [2.45, 2.75) is 131 Å². The number of amides is 2. The number of rotatable bonds is 14. The average Bonchev–Trinajstić information content (AvgIpc) is 1.59. The number of carboxylic acid groups (broad SMARTS) is 1. The third-order valence-corrected chi connectivity index (χ3v) is 29.5. The molecule has 0 saturated heterocycles. The molecule has 0 aliphatic heterocycles. The molecule has 648 valence electrons. The minimum Gasteiger partial charge on any atom is -0.481 e. The van der Waals surface area contributed by atoms with E-state index in [9.17, 15) is 83.8 Å². The zero-order chi connectivity index (χ0) is 90.2. The lowest BCUT2D eigenvalue weighted by Gasteiger charge is -2.28. The molecule has 31 heteroatoms. The Morgan fingerprint density at radius 3 is 0.849 bits per heavy atom. The van der Waals surface area contributed by atoms with Gasteiger partial charge in [-0.15, -0.1) is 45.3 Å². The maximum atomic E-state index is 14.1. The van der Waals surface area contributed by atoms with E-state index in [-0.39, 0.29) is 85.6 Å². The zero-order valence-electron chi connectivity index (χ0n) is 68.4. The van der Waals surface area contributed by atoms with Crippen LogP contribution < -0.4 is 11.0 Å². The van der Waals surface area contributed by atoms with Crippen LogP contribution in [-0.2, 0) is 117 Å². The second-order valence-corrected chi connectivity index (χ2v) is 36.8. The Balaban J connectivity index is 0.000000128. The van der Waals surface area contributed by atoms with Crippen molar-refractivity contribution in [1.82, 2.24) is 30.9 Å². The number of ketones is 1. The van der Waals surface area contributed by atoms with Gasteiger partial charge in [0.2, 0.25) is 0 Å². The van der Waals surface area contributed by atoms with Crippen LogP contribution in [0.2, 0.25) is 0 Å². The molecule has 5 N–H and O–H groups in total. The number of carbonyl (C=O) groups is 6. The number of nitrogens with zero attached hydrogens (tertiary/aromatic N) is 4. The summed E-state index contributed by atoms with van der Waals surface area (Å²) in [6.45, 7) is 8.10. The van der Waals surface area contributed by atoms with Crippen molar-refractivity contribution in [3.63, 3.8) is 0 Å². The lowest BCUT2D eigenvalue weighted by molar-refractivity contribution is -0.148. The first kappa shape index (κ1) is 90.5. The maximum absolute atomic E-state index is 14.1. The molecule has 1 fully saturated rings. The predicted octanol–water partition coefficient (Wildman–Crippen LogP) is 19.7. The Hall–Kier alpha value is -11.7. The quantitative estimate of drug-likeness (QED) is 0.0223. The number of carboxylic acids is 1. The third-order valence-electron chi connectivity index (χ3n) is 24.2. The number of thiazole rings is 4. The predicted molar refractivity (Wildman–Crippen MR) is 462 cm³/mol. The summed E-state index contributed by atoms with van der Waals surface area (Å²) in [7, 11) is 2.62. The minimum absolute atomic E-state index is 0.0416. The van der Waals surface area contributed by atoms with Crippen LogP contribution in [0.5, 0.6) is 0 Å². The summed E-state index contributed by atoms with van der Waals surface area (Å²) in [6, 6.07) is 48.7. The highest BCUT2D eigenvalue weighted by molar-refractivity contribution is 9.10. The van der Waals surface area contributed by atoms with E-state index in [0.29, 0.717) is 134 Å². The van der Waals surface area contributed by atoms with Gasteiger partial charge >= 0.3 is 17.9 Å². The number of carbonyl (C=O) groups excluding carboxylic acids is 5. The first-order chi connectivity index (χ1) is 60.2. The minimum atomic E-state index is -1.23. The molecule has 0 spiro atoms. The molecule has 5 aliphatic rings. The van der Waals surface area contributed by atoms with Crippen LogP contribution in [0.4, 0.5) is 39.5 Å². The Kier molecular flexibility index (Phi) is 26.4. The van der Waals surface area contributed by atoms with Gasteiger partial charge in [-0.3, -0.25) is 39.2 Å². The normalized spacial score (nSPS) is 19.7. The van der Waals surface area contributed by atoms with Crippen molar-refractivity contribution < 1.29 is 93.3 Å². The number of halogens is 10. The molecule has 4 aromatic heterocycles. The molecular formula is C95H78BrF9N6O11S4. The van der Waals surface area contributed by atoms with Crippen LogP contribution in [0, 0.1) is 87.0 Å². The van der Waals surface area contributed by atoms with Gasteiger partial charge < -0.3 is 14.6 Å². The van der Waals surface area contributed by atoms with E-state index in [2.05, 4.69) is 35.9 Å². The molecule has 18 rings (SSSR count).